The Kier molecular flexibility index (Phi) is 7.30. The lowest BCUT2D eigenvalue weighted by atomic mass is 10.1. The Morgan fingerprint density at radius 2 is 1.97 bits per heavy atom. The van der Waals surface area contributed by atoms with E-state index in [-0.39, 0.29) is 11.7 Å². The van der Waals surface area contributed by atoms with Gasteiger partial charge in [-0.15, -0.1) is 16.8 Å². The van der Waals surface area contributed by atoms with E-state index in [0.717, 1.165) is 28.1 Å². The zero-order chi connectivity index (χ0) is 21.5. The van der Waals surface area contributed by atoms with Crippen molar-refractivity contribution < 1.29 is 9.53 Å². The first-order valence-corrected chi connectivity index (χ1v) is 10.7. The Balaban J connectivity index is 1.62. The van der Waals surface area contributed by atoms with Crippen LogP contribution in [0.15, 0.2) is 60.3 Å². The molecule has 0 unspecified atom stereocenters. The van der Waals surface area contributed by atoms with Crippen molar-refractivity contribution >= 4 is 23.4 Å². The van der Waals surface area contributed by atoms with E-state index in [1.54, 1.807) is 6.08 Å². The second-order valence-electron chi connectivity index (χ2n) is 7.06. The SMILES string of the molecule is C=CCn1c(COc2cccc(C)c2)nnc1SCC(=O)Nc1ccc(C)cc1C. The molecule has 7 heteroatoms. The number of aromatic nitrogens is 3. The summed E-state index contributed by atoms with van der Waals surface area (Å²) in [6.45, 7) is 10.7. The third-order valence-electron chi connectivity index (χ3n) is 4.45. The van der Waals surface area contributed by atoms with Crippen LogP contribution >= 0.6 is 11.8 Å². The van der Waals surface area contributed by atoms with Crippen molar-refractivity contribution in [3.63, 3.8) is 0 Å². The molecule has 30 heavy (non-hydrogen) atoms. The second kappa shape index (κ2) is 10.1. The van der Waals surface area contributed by atoms with Gasteiger partial charge in [-0.25, -0.2) is 0 Å². The van der Waals surface area contributed by atoms with Gasteiger partial charge >= 0.3 is 0 Å². The number of thioether (sulfide) groups is 1. The van der Waals surface area contributed by atoms with Crippen molar-refractivity contribution in [2.75, 3.05) is 11.1 Å². The molecular weight excluding hydrogens is 396 g/mol. The third-order valence-corrected chi connectivity index (χ3v) is 5.42. The van der Waals surface area contributed by atoms with Gasteiger partial charge in [0.2, 0.25) is 5.91 Å². The number of anilines is 1. The number of rotatable bonds is 9. The monoisotopic (exact) mass is 422 g/mol. The van der Waals surface area contributed by atoms with E-state index in [9.17, 15) is 4.79 Å². The van der Waals surface area contributed by atoms with Crippen LogP contribution in [0.1, 0.15) is 22.5 Å². The van der Waals surface area contributed by atoms with E-state index in [1.807, 2.05) is 67.8 Å². The molecule has 2 aromatic carbocycles. The lowest BCUT2D eigenvalue weighted by Crippen LogP contribution is -2.15. The zero-order valence-electron chi connectivity index (χ0n) is 17.5. The van der Waals surface area contributed by atoms with Crippen molar-refractivity contribution in [3.8, 4) is 5.75 Å². The first kappa shape index (κ1) is 21.6. The number of hydrogen-bond acceptors (Lipinski definition) is 5. The predicted molar refractivity (Wildman–Crippen MR) is 121 cm³/mol. The van der Waals surface area contributed by atoms with Crippen LogP contribution in [-0.4, -0.2) is 26.4 Å². The van der Waals surface area contributed by atoms with Gasteiger partial charge in [0.15, 0.2) is 11.0 Å². The molecule has 6 nitrogen and oxygen atoms in total. The maximum Gasteiger partial charge on any atom is 0.234 e. The van der Waals surface area contributed by atoms with Gasteiger partial charge in [-0.1, -0.05) is 47.7 Å². The molecule has 0 saturated heterocycles. The fourth-order valence-corrected chi connectivity index (χ4v) is 3.73. The van der Waals surface area contributed by atoms with Gasteiger partial charge in [0, 0.05) is 12.2 Å². The number of nitrogens with one attached hydrogen (secondary N) is 1. The molecule has 156 valence electrons. The lowest BCUT2D eigenvalue weighted by molar-refractivity contribution is -0.113. The number of allylic oxidation sites excluding steroid dienone is 1. The highest BCUT2D eigenvalue weighted by Crippen LogP contribution is 2.21. The van der Waals surface area contributed by atoms with Crippen LogP contribution in [0.4, 0.5) is 5.69 Å². The maximum absolute atomic E-state index is 12.4. The molecule has 0 radical (unpaired) electrons. The summed E-state index contributed by atoms with van der Waals surface area (Å²) in [5.41, 5.74) is 4.16. The van der Waals surface area contributed by atoms with E-state index < -0.39 is 0 Å². The van der Waals surface area contributed by atoms with Gasteiger partial charge < -0.3 is 10.1 Å². The number of benzene rings is 2. The van der Waals surface area contributed by atoms with Crippen LogP contribution in [0, 0.1) is 20.8 Å². The molecule has 3 aromatic rings. The van der Waals surface area contributed by atoms with Gasteiger partial charge in [-0.2, -0.15) is 0 Å². The van der Waals surface area contributed by atoms with Gasteiger partial charge in [0.05, 0.1) is 5.75 Å². The minimum absolute atomic E-state index is 0.0855. The minimum Gasteiger partial charge on any atom is -0.486 e. The van der Waals surface area contributed by atoms with Gasteiger partial charge in [-0.3, -0.25) is 9.36 Å². The van der Waals surface area contributed by atoms with Crippen molar-refractivity contribution in [1.82, 2.24) is 14.8 Å². The fourth-order valence-electron chi connectivity index (χ4n) is 2.97. The van der Waals surface area contributed by atoms with Crippen LogP contribution in [0.3, 0.4) is 0 Å². The topological polar surface area (TPSA) is 69.0 Å². The summed E-state index contributed by atoms with van der Waals surface area (Å²) >= 11 is 1.34. The number of amides is 1. The van der Waals surface area contributed by atoms with Crippen molar-refractivity contribution in [2.24, 2.45) is 0 Å². The van der Waals surface area contributed by atoms with Gasteiger partial charge in [-0.05, 0) is 50.1 Å². The summed E-state index contributed by atoms with van der Waals surface area (Å²) in [4.78, 5) is 12.4. The number of nitrogens with zero attached hydrogens (tertiary/aromatic N) is 3. The number of carbonyl (C=O) groups is 1. The van der Waals surface area contributed by atoms with E-state index in [4.69, 9.17) is 4.74 Å². The molecule has 0 saturated carbocycles. The molecule has 0 aliphatic heterocycles. The Morgan fingerprint density at radius 1 is 1.17 bits per heavy atom. The number of ether oxygens (including phenoxy) is 1. The van der Waals surface area contributed by atoms with Gasteiger partial charge in [0.1, 0.15) is 12.4 Å². The van der Waals surface area contributed by atoms with E-state index in [1.165, 1.54) is 11.8 Å². The Hall–Kier alpha value is -3.06. The summed E-state index contributed by atoms with van der Waals surface area (Å²) in [5, 5.41) is 12.1. The van der Waals surface area contributed by atoms with E-state index in [2.05, 4.69) is 22.1 Å². The molecular formula is C23H26N4O2S. The molecule has 0 aliphatic carbocycles. The molecule has 0 atom stereocenters. The standard InChI is InChI=1S/C23H26N4O2S/c1-5-11-27-21(14-29-19-8-6-7-16(2)13-19)25-26-23(27)30-15-22(28)24-20-10-9-17(3)12-18(20)4/h5-10,12-13H,1,11,14-15H2,2-4H3,(H,24,28). The van der Waals surface area contributed by atoms with Crippen molar-refractivity contribution in [3.05, 3.63) is 77.6 Å². The van der Waals surface area contributed by atoms with Gasteiger partial charge in [0.25, 0.3) is 0 Å². The summed E-state index contributed by atoms with van der Waals surface area (Å²) in [6.07, 6.45) is 1.78. The molecule has 1 aromatic heterocycles. The normalized spacial score (nSPS) is 10.6. The first-order valence-electron chi connectivity index (χ1n) is 9.68. The highest BCUT2D eigenvalue weighted by atomic mass is 32.2. The molecule has 0 fully saturated rings. The maximum atomic E-state index is 12.4. The Labute approximate surface area is 181 Å². The van der Waals surface area contributed by atoms with Crippen molar-refractivity contribution in [2.45, 2.75) is 39.1 Å². The van der Waals surface area contributed by atoms with Crippen molar-refractivity contribution in [1.29, 1.82) is 0 Å². The fraction of sp³-hybridized carbons (Fsp3) is 0.261. The van der Waals surface area contributed by atoms with Crippen LogP contribution in [0.5, 0.6) is 5.75 Å². The number of carbonyl (C=O) groups excluding carboxylic acids is 1. The smallest absolute Gasteiger partial charge is 0.234 e. The quantitative estimate of drug-likeness (QED) is 0.400. The first-order chi connectivity index (χ1) is 14.5. The molecule has 0 aliphatic rings. The van der Waals surface area contributed by atoms with E-state index in [0.29, 0.717) is 24.1 Å². The molecule has 1 amide bonds. The largest absolute Gasteiger partial charge is 0.486 e. The van der Waals surface area contributed by atoms with Crippen LogP contribution in [0.2, 0.25) is 0 Å². The molecule has 0 spiro atoms. The van der Waals surface area contributed by atoms with Crippen LogP contribution < -0.4 is 10.1 Å². The summed E-state index contributed by atoms with van der Waals surface area (Å²) in [5.74, 6) is 1.62. The lowest BCUT2D eigenvalue weighted by Gasteiger charge is -2.10. The minimum atomic E-state index is -0.0855. The van der Waals surface area contributed by atoms with Crippen LogP contribution in [-0.2, 0) is 17.9 Å². The Bertz CT molecular complexity index is 1050. The Morgan fingerprint density at radius 3 is 2.70 bits per heavy atom. The van der Waals surface area contributed by atoms with Crippen LogP contribution in [0.25, 0.3) is 0 Å². The average molecular weight is 423 g/mol. The summed E-state index contributed by atoms with van der Waals surface area (Å²) in [6, 6.07) is 13.8. The average Bonchev–Trinajstić information content (AvgIpc) is 3.09. The second-order valence-corrected chi connectivity index (χ2v) is 8.00. The molecule has 1 N–H and O–H groups in total. The highest BCUT2D eigenvalue weighted by molar-refractivity contribution is 7.99. The number of hydrogen-bond donors (Lipinski definition) is 1. The molecule has 0 bridgehead atoms. The molecule has 3 rings (SSSR count). The highest BCUT2D eigenvalue weighted by Gasteiger charge is 2.14. The zero-order valence-corrected chi connectivity index (χ0v) is 18.3. The predicted octanol–water partition coefficient (Wildman–Crippen LogP) is 4.70. The summed E-state index contributed by atoms with van der Waals surface area (Å²) < 4.78 is 7.77. The number of aryl methyl sites for hydroxylation is 3. The van der Waals surface area contributed by atoms with E-state index >= 15 is 0 Å². The third kappa shape index (κ3) is 5.73. The molecule has 1 heterocycles. The summed E-state index contributed by atoms with van der Waals surface area (Å²) in [7, 11) is 0.